The molecule has 2 aliphatic heterocycles. The number of nitrogens with zero attached hydrogens (tertiary/aromatic N) is 2. The number of imide groups is 2. The van der Waals surface area contributed by atoms with E-state index in [1.54, 1.807) is 48.5 Å². The summed E-state index contributed by atoms with van der Waals surface area (Å²) < 4.78 is 0. The molecule has 0 bridgehead atoms. The molecule has 8 heteroatoms. The minimum Gasteiger partial charge on any atom is -0.310 e. The first-order chi connectivity index (χ1) is 19.2. The third-order valence-corrected chi connectivity index (χ3v) is 8.31. The van der Waals surface area contributed by atoms with E-state index in [0.29, 0.717) is 23.6 Å². The maximum atomic E-state index is 14.4. The third-order valence-electron chi connectivity index (χ3n) is 8.31. The highest BCUT2D eigenvalue weighted by atomic mass is 16.2. The fourth-order valence-electron chi connectivity index (χ4n) is 6.62. The smallest absolute Gasteiger partial charge is 0.264 e. The lowest BCUT2D eigenvalue weighted by Crippen LogP contribution is -2.81. The van der Waals surface area contributed by atoms with E-state index in [9.17, 15) is 19.2 Å². The number of hydrogen-bond donors (Lipinski definition) is 2. The van der Waals surface area contributed by atoms with Crippen LogP contribution in [0.25, 0.3) is 21.5 Å². The summed E-state index contributed by atoms with van der Waals surface area (Å²) in [5.74, 6) is -2.50. The van der Waals surface area contributed by atoms with Gasteiger partial charge in [0.05, 0.1) is 22.3 Å². The molecule has 4 amide bonds. The zero-order chi connectivity index (χ0) is 28.4. The molecular formula is C32H30N4O4. The van der Waals surface area contributed by atoms with Crippen LogP contribution in [0.15, 0.2) is 72.8 Å². The lowest BCUT2D eigenvalue weighted by atomic mass is 9.82. The predicted molar refractivity (Wildman–Crippen MR) is 153 cm³/mol. The minimum atomic E-state index is -1.96. The average Bonchev–Trinajstić information content (AvgIpc) is 3.36. The molecular weight excluding hydrogens is 504 g/mol. The van der Waals surface area contributed by atoms with E-state index in [-0.39, 0.29) is 35.1 Å². The predicted octanol–water partition coefficient (Wildman–Crippen LogP) is 4.80. The fourth-order valence-corrected chi connectivity index (χ4v) is 6.62. The van der Waals surface area contributed by atoms with Crippen LogP contribution in [0.2, 0.25) is 0 Å². The lowest BCUT2D eigenvalue weighted by molar-refractivity contribution is -0.0542. The van der Waals surface area contributed by atoms with Gasteiger partial charge in [0.15, 0.2) is 5.66 Å². The van der Waals surface area contributed by atoms with Crippen LogP contribution in [0.1, 0.15) is 81.0 Å². The molecule has 2 aliphatic rings. The molecule has 0 aromatic heterocycles. The van der Waals surface area contributed by atoms with Crippen molar-refractivity contribution in [1.82, 2.24) is 9.80 Å². The van der Waals surface area contributed by atoms with Gasteiger partial charge in [-0.25, -0.2) is 9.80 Å². The Bertz CT molecular complexity index is 1640. The molecule has 0 unspecified atom stereocenters. The summed E-state index contributed by atoms with van der Waals surface area (Å²) in [5, 5.41) is 2.79. The van der Waals surface area contributed by atoms with E-state index in [0.717, 1.165) is 20.6 Å². The number of fused-ring (bicyclic) bond motifs is 6. The van der Waals surface area contributed by atoms with Crippen LogP contribution in [0.3, 0.4) is 0 Å². The second-order valence-corrected chi connectivity index (χ2v) is 10.7. The SMILES string of the molecule is CCCC(N)(N)C(CCC)(N1C(=O)c2ccc3ccccc3c2C1=O)N1C(=O)c2ccc3ccccc3c2C1=O. The van der Waals surface area contributed by atoms with Crippen LogP contribution in [0.5, 0.6) is 0 Å². The Balaban J connectivity index is 1.63. The first-order valence-electron chi connectivity index (χ1n) is 13.6. The van der Waals surface area contributed by atoms with Gasteiger partial charge in [0.1, 0.15) is 5.66 Å². The number of amides is 4. The Hall–Kier alpha value is -4.40. The van der Waals surface area contributed by atoms with Crippen molar-refractivity contribution in [2.75, 3.05) is 0 Å². The number of hydrogen-bond acceptors (Lipinski definition) is 6. The maximum absolute atomic E-state index is 14.4. The van der Waals surface area contributed by atoms with Gasteiger partial charge in [0, 0.05) is 0 Å². The van der Waals surface area contributed by atoms with Crippen molar-refractivity contribution in [3.05, 3.63) is 95.1 Å². The fraction of sp³-hybridized carbons (Fsp3) is 0.250. The van der Waals surface area contributed by atoms with Gasteiger partial charge in [0.25, 0.3) is 23.6 Å². The van der Waals surface area contributed by atoms with Crippen LogP contribution >= 0.6 is 0 Å². The summed E-state index contributed by atoms with van der Waals surface area (Å²) in [7, 11) is 0. The van der Waals surface area contributed by atoms with E-state index in [1.165, 1.54) is 0 Å². The van der Waals surface area contributed by atoms with Gasteiger partial charge in [-0.3, -0.25) is 19.2 Å². The monoisotopic (exact) mass is 534 g/mol. The molecule has 2 heterocycles. The van der Waals surface area contributed by atoms with Crippen molar-refractivity contribution in [1.29, 1.82) is 0 Å². The normalized spacial score (nSPS) is 15.5. The highest BCUT2D eigenvalue weighted by molar-refractivity contribution is 6.30. The number of carbonyl (C=O) groups is 4. The van der Waals surface area contributed by atoms with E-state index < -0.39 is 35.0 Å². The largest absolute Gasteiger partial charge is 0.310 e. The van der Waals surface area contributed by atoms with Crippen LogP contribution in [-0.2, 0) is 0 Å². The third kappa shape index (κ3) is 3.26. The Kier molecular flexibility index (Phi) is 5.87. The van der Waals surface area contributed by atoms with Crippen molar-refractivity contribution in [3.63, 3.8) is 0 Å². The van der Waals surface area contributed by atoms with Gasteiger partial charge in [0.2, 0.25) is 0 Å². The Morgan fingerprint density at radius 2 is 1.00 bits per heavy atom. The standard InChI is InChI=1S/C32H30N4O4/c1-3-17-31(33,34)32(18-4-2,35-27(37)23-15-13-19-9-5-7-11-21(19)25(23)29(35)39)36-28(38)24-16-14-20-10-6-8-12-22(20)26(24)30(36)40/h5-16H,3-4,17-18,33-34H2,1-2H3. The van der Waals surface area contributed by atoms with Crippen LogP contribution < -0.4 is 11.5 Å². The summed E-state index contributed by atoms with van der Waals surface area (Å²) in [4.78, 5) is 59.2. The maximum Gasteiger partial charge on any atom is 0.264 e. The molecule has 4 N–H and O–H groups in total. The Labute approximate surface area is 231 Å². The zero-order valence-electron chi connectivity index (χ0n) is 22.4. The molecule has 0 spiro atoms. The molecule has 0 atom stereocenters. The molecule has 8 nitrogen and oxygen atoms in total. The number of nitrogens with two attached hydrogens (primary N) is 2. The van der Waals surface area contributed by atoms with Crippen LogP contribution in [0, 0.1) is 0 Å². The molecule has 6 rings (SSSR count). The van der Waals surface area contributed by atoms with Gasteiger partial charge in [-0.15, -0.1) is 0 Å². The molecule has 40 heavy (non-hydrogen) atoms. The topological polar surface area (TPSA) is 127 Å². The Morgan fingerprint density at radius 3 is 1.43 bits per heavy atom. The van der Waals surface area contributed by atoms with E-state index >= 15 is 0 Å². The van der Waals surface area contributed by atoms with Crippen LogP contribution in [0.4, 0.5) is 0 Å². The van der Waals surface area contributed by atoms with Crippen molar-refractivity contribution < 1.29 is 19.2 Å². The van der Waals surface area contributed by atoms with Crippen molar-refractivity contribution in [2.24, 2.45) is 11.5 Å². The van der Waals surface area contributed by atoms with Crippen LogP contribution in [-0.4, -0.2) is 44.8 Å². The van der Waals surface area contributed by atoms with Gasteiger partial charge >= 0.3 is 0 Å². The molecule has 0 radical (unpaired) electrons. The first-order valence-corrected chi connectivity index (χ1v) is 13.6. The summed E-state index contributed by atoms with van der Waals surface area (Å²) in [6.07, 6.45) is 1.06. The van der Waals surface area contributed by atoms with Gasteiger partial charge in [-0.1, -0.05) is 87.4 Å². The van der Waals surface area contributed by atoms with E-state index in [2.05, 4.69) is 0 Å². The lowest BCUT2D eigenvalue weighted by Gasteiger charge is -2.54. The Morgan fingerprint density at radius 1 is 0.575 bits per heavy atom. The molecule has 0 saturated heterocycles. The quantitative estimate of drug-likeness (QED) is 0.259. The summed E-state index contributed by atoms with van der Waals surface area (Å²) in [5.41, 5.74) is 10.8. The number of rotatable bonds is 7. The van der Waals surface area contributed by atoms with Crippen molar-refractivity contribution >= 4 is 45.2 Å². The van der Waals surface area contributed by atoms with Crippen molar-refractivity contribution in [3.8, 4) is 0 Å². The summed E-state index contributed by atoms with van der Waals surface area (Å²) in [6, 6.07) is 21.4. The molecule has 4 aromatic rings. The second kappa shape index (κ2) is 9.08. The highest BCUT2D eigenvalue weighted by Gasteiger charge is 2.65. The molecule has 0 fully saturated rings. The minimum absolute atomic E-state index is 0.0206. The van der Waals surface area contributed by atoms with E-state index in [1.807, 2.05) is 38.1 Å². The molecule has 4 aromatic carbocycles. The number of carbonyl (C=O) groups excluding carboxylic acids is 4. The first kappa shape index (κ1) is 25.9. The highest BCUT2D eigenvalue weighted by Crippen LogP contribution is 2.46. The van der Waals surface area contributed by atoms with Gasteiger partial charge in [-0.05, 0) is 46.5 Å². The zero-order valence-corrected chi connectivity index (χ0v) is 22.4. The summed E-state index contributed by atoms with van der Waals surface area (Å²) >= 11 is 0. The second-order valence-electron chi connectivity index (χ2n) is 10.7. The summed E-state index contributed by atoms with van der Waals surface area (Å²) in [6.45, 7) is 3.72. The average molecular weight is 535 g/mol. The van der Waals surface area contributed by atoms with Gasteiger partial charge < -0.3 is 11.5 Å². The number of benzene rings is 4. The van der Waals surface area contributed by atoms with Crippen molar-refractivity contribution in [2.45, 2.75) is 50.9 Å². The molecule has 202 valence electrons. The molecule has 0 saturated carbocycles. The van der Waals surface area contributed by atoms with E-state index in [4.69, 9.17) is 11.5 Å². The molecule has 0 aliphatic carbocycles. The van der Waals surface area contributed by atoms with Gasteiger partial charge in [-0.2, -0.15) is 0 Å².